The second-order valence-corrected chi connectivity index (χ2v) is 4.49. The second kappa shape index (κ2) is 5.06. The van der Waals surface area contributed by atoms with Gasteiger partial charge in [0.15, 0.2) is 0 Å². The molecule has 0 bridgehead atoms. The molecular weight excluding hydrogens is 272 g/mol. The Morgan fingerprint density at radius 3 is 2.89 bits per heavy atom. The molecule has 2 heterocycles. The maximum Gasteiger partial charge on any atom is 0.338 e. The van der Waals surface area contributed by atoms with Crippen LogP contribution in [0.5, 0.6) is 0 Å². The molecule has 0 atom stereocenters. The van der Waals surface area contributed by atoms with E-state index in [1.807, 2.05) is 0 Å². The Labute approximate surface area is 111 Å². The molecule has 8 nitrogen and oxygen atoms in total. The maximum atomic E-state index is 11.0. The molecule has 19 heavy (non-hydrogen) atoms. The monoisotopic (exact) mass is 280 g/mol. The summed E-state index contributed by atoms with van der Waals surface area (Å²) < 4.78 is 1.30. The summed E-state index contributed by atoms with van der Waals surface area (Å²) in [7, 11) is 1.55. The zero-order valence-corrected chi connectivity index (χ0v) is 10.5. The number of aromatic nitrogens is 3. The number of aryl methyl sites for hydroxylation is 1. The van der Waals surface area contributed by atoms with E-state index in [0.29, 0.717) is 0 Å². The normalized spacial score (nSPS) is 10.4. The van der Waals surface area contributed by atoms with Crippen molar-refractivity contribution >= 4 is 23.4 Å². The number of hydrogen-bond donors (Lipinski definition) is 1. The Hall–Kier alpha value is -2.42. The van der Waals surface area contributed by atoms with Gasteiger partial charge in [0.25, 0.3) is 0 Å². The van der Waals surface area contributed by atoms with E-state index >= 15 is 0 Å². The van der Waals surface area contributed by atoms with Crippen LogP contribution in [-0.4, -0.2) is 30.8 Å². The highest BCUT2D eigenvalue weighted by Gasteiger charge is 2.22. The lowest BCUT2D eigenvalue weighted by Gasteiger charge is -2.01. The largest absolute Gasteiger partial charge is 0.478 e. The average molecular weight is 280 g/mol. The molecule has 0 aliphatic heterocycles. The summed E-state index contributed by atoms with van der Waals surface area (Å²) in [6.07, 6.45) is 2.68. The van der Waals surface area contributed by atoms with Gasteiger partial charge in [-0.3, -0.25) is 14.8 Å². The van der Waals surface area contributed by atoms with Gasteiger partial charge in [0.2, 0.25) is 5.03 Å². The van der Waals surface area contributed by atoms with Crippen LogP contribution in [-0.2, 0) is 7.05 Å². The Morgan fingerprint density at radius 2 is 2.26 bits per heavy atom. The van der Waals surface area contributed by atoms with Gasteiger partial charge in [-0.25, -0.2) is 9.78 Å². The van der Waals surface area contributed by atoms with Crippen LogP contribution < -0.4 is 0 Å². The molecule has 0 unspecified atom stereocenters. The highest BCUT2D eigenvalue weighted by Crippen LogP contribution is 2.33. The number of pyridine rings is 1. The fraction of sp³-hybridized carbons (Fsp3) is 0.100. The van der Waals surface area contributed by atoms with Crippen LogP contribution in [0.25, 0.3) is 0 Å². The van der Waals surface area contributed by atoms with Crippen LogP contribution in [0.3, 0.4) is 0 Å². The molecule has 0 radical (unpaired) electrons. The average Bonchev–Trinajstić information content (AvgIpc) is 2.71. The lowest BCUT2D eigenvalue weighted by Crippen LogP contribution is -2.00. The third-order valence-electron chi connectivity index (χ3n) is 2.17. The molecule has 98 valence electrons. The number of aromatic carboxylic acids is 1. The molecule has 2 aromatic heterocycles. The summed E-state index contributed by atoms with van der Waals surface area (Å²) in [5, 5.41) is 24.1. The molecule has 0 aliphatic rings. The second-order valence-electron chi connectivity index (χ2n) is 3.51. The van der Waals surface area contributed by atoms with Crippen molar-refractivity contribution in [3.05, 3.63) is 40.2 Å². The van der Waals surface area contributed by atoms with E-state index < -0.39 is 10.9 Å². The van der Waals surface area contributed by atoms with E-state index in [-0.39, 0.29) is 21.3 Å². The van der Waals surface area contributed by atoms with Crippen molar-refractivity contribution in [2.24, 2.45) is 7.05 Å². The molecule has 0 aromatic carbocycles. The first kappa shape index (κ1) is 13.0. The van der Waals surface area contributed by atoms with E-state index in [9.17, 15) is 14.9 Å². The molecule has 0 saturated carbocycles. The van der Waals surface area contributed by atoms with Crippen LogP contribution in [0.1, 0.15) is 10.4 Å². The first-order chi connectivity index (χ1) is 8.99. The highest BCUT2D eigenvalue weighted by molar-refractivity contribution is 7.99. The lowest BCUT2D eigenvalue weighted by molar-refractivity contribution is -0.387. The first-order valence-corrected chi connectivity index (χ1v) is 5.85. The molecule has 2 aromatic rings. The van der Waals surface area contributed by atoms with Gasteiger partial charge in [-0.2, -0.15) is 5.10 Å². The van der Waals surface area contributed by atoms with Gasteiger partial charge in [0.1, 0.15) is 11.2 Å². The summed E-state index contributed by atoms with van der Waals surface area (Å²) >= 11 is 0.853. The molecular formula is C10H8N4O4S. The SMILES string of the molecule is Cn1cc([N+](=O)[O-])c(Sc2ncccc2C(=O)O)n1. The van der Waals surface area contributed by atoms with Crippen LogP contribution in [0.2, 0.25) is 0 Å². The Balaban J connectivity index is 2.42. The van der Waals surface area contributed by atoms with Crippen molar-refractivity contribution < 1.29 is 14.8 Å². The summed E-state index contributed by atoms with van der Waals surface area (Å²) in [5.41, 5.74) is -0.207. The summed E-state index contributed by atoms with van der Waals surface area (Å²) in [5.74, 6) is -1.14. The third-order valence-corrected chi connectivity index (χ3v) is 3.17. The number of nitro groups is 1. The summed E-state index contributed by atoms with van der Waals surface area (Å²) in [6, 6.07) is 2.87. The minimum atomic E-state index is -1.14. The van der Waals surface area contributed by atoms with E-state index in [1.54, 1.807) is 7.05 Å². The van der Waals surface area contributed by atoms with Gasteiger partial charge in [-0.05, 0) is 23.9 Å². The van der Waals surface area contributed by atoms with Crippen molar-refractivity contribution in [1.29, 1.82) is 0 Å². The van der Waals surface area contributed by atoms with Gasteiger partial charge in [-0.15, -0.1) is 0 Å². The molecule has 9 heteroatoms. The van der Waals surface area contributed by atoms with Crippen molar-refractivity contribution in [1.82, 2.24) is 14.8 Å². The van der Waals surface area contributed by atoms with Crippen LogP contribution in [0.4, 0.5) is 5.69 Å². The Kier molecular flexibility index (Phi) is 3.47. The number of nitrogens with zero attached hydrogens (tertiary/aromatic N) is 4. The van der Waals surface area contributed by atoms with Gasteiger partial charge in [0, 0.05) is 13.2 Å². The van der Waals surface area contributed by atoms with Crippen LogP contribution in [0.15, 0.2) is 34.6 Å². The molecule has 1 N–H and O–H groups in total. The topological polar surface area (TPSA) is 111 Å². The predicted molar refractivity (Wildman–Crippen MR) is 65.2 cm³/mol. The van der Waals surface area contributed by atoms with Crippen molar-refractivity contribution in [3.8, 4) is 0 Å². The van der Waals surface area contributed by atoms with Gasteiger partial charge >= 0.3 is 11.7 Å². The smallest absolute Gasteiger partial charge is 0.338 e. The van der Waals surface area contributed by atoms with Crippen molar-refractivity contribution in [2.75, 3.05) is 0 Å². The molecule has 0 saturated heterocycles. The van der Waals surface area contributed by atoms with Gasteiger partial charge in [0.05, 0.1) is 10.5 Å². The minimum Gasteiger partial charge on any atom is -0.478 e. The Bertz CT molecular complexity index is 655. The van der Waals surface area contributed by atoms with Crippen molar-refractivity contribution in [2.45, 2.75) is 10.1 Å². The van der Waals surface area contributed by atoms with E-state index in [4.69, 9.17) is 5.11 Å². The van der Waals surface area contributed by atoms with Crippen molar-refractivity contribution in [3.63, 3.8) is 0 Å². The standard InChI is InChI=1S/C10H8N4O4S/c1-13-5-7(14(17)18)9(12-13)19-8-6(10(15)16)3-2-4-11-8/h2-5H,1H3,(H,15,16). The molecule has 0 aliphatic carbocycles. The minimum absolute atomic E-state index is 0.0209. The number of carbonyl (C=O) groups is 1. The number of hydrogen-bond acceptors (Lipinski definition) is 6. The quantitative estimate of drug-likeness (QED) is 0.668. The zero-order chi connectivity index (χ0) is 14.0. The number of rotatable bonds is 4. The summed E-state index contributed by atoms with van der Waals surface area (Å²) in [4.78, 5) is 25.2. The van der Waals surface area contributed by atoms with Gasteiger partial charge < -0.3 is 5.11 Å². The molecule has 2 rings (SSSR count). The predicted octanol–water partition coefficient (Wildman–Crippen LogP) is 1.57. The first-order valence-electron chi connectivity index (χ1n) is 5.03. The number of carboxylic acids is 1. The molecule has 0 amide bonds. The van der Waals surface area contributed by atoms with Gasteiger partial charge in [-0.1, -0.05) is 0 Å². The number of carboxylic acid groups (broad SMARTS) is 1. The zero-order valence-electron chi connectivity index (χ0n) is 9.68. The highest BCUT2D eigenvalue weighted by atomic mass is 32.2. The lowest BCUT2D eigenvalue weighted by atomic mass is 10.3. The van der Waals surface area contributed by atoms with Crippen LogP contribution in [0, 0.1) is 10.1 Å². The fourth-order valence-electron chi connectivity index (χ4n) is 1.38. The van der Waals surface area contributed by atoms with E-state index in [0.717, 1.165) is 11.8 Å². The fourth-order valence-corrected chi connectivity index (χ4v) is 2.34. The summed E-state index contributed by atoms with van der Waals surface area (Å²) in [6.45, 7) is 0. The van der Waals surface area contributed by atoms with E-state index in [2.05, 4.69) is 10.1 Å². The maximum absolute atomic E-state index is 11.0. The Morgan fingerprint density at radius 1 is 1.53 bits per heavy atom. The third kappa shape index (κ3) is 2.71. The molecule has 0 fully saturated rings. The van der Waals surface area contributed by atoms with Crippen LogP contribution >= 0.6 is 11.8 Å². The molecule has 0 spiro atoms. The van der Waals surface area contributed by atoms with E-state index in [1.165, 1.54) is 29.2 Å².